The van der Waals surface area contributed by atoms with Gasteiger partial charge in [0.05, 0.1) is 18.8 Å². The van der Waals surface area contributed by atoms with Gasteiger partial charge in [0.2, 0.25) is 0 Å². The zero-order valence-electron chi connectivity index (χ0n) is 16.2. The van der Waals surface area contributed by atoms with Crippen LogP contribution in [0.3, 0.4) is 0 Å². The zero-order valence-corrected chi connectivity index (χ0v) is 16.2. The minimum absolute atomic E-state index is 0.0332. The van der Waals surface area contributed by atoms with E-state index in [1.165, 1.54) is 0 Å². The summed E-state index contributed by atoms with van der Waals surface area (Å²) in [6.45, 7) is 3.17. The van der Waals surface area contributed by atoms with Gasteiger partial charge in [-0.05, 0) is 37.7 Å². The molecule has 7 unspecified atom stereocenters. The van der Waals surface area contributed by atoms with Gasteiger partial charge in [-0.25, -0.2) is 0 Å². The van der Waals surface area contributed by atoms with E-state index < -0.39 is 42.7 Å². The van der Waals surface area contributed by atoms with Gasteiger partial charge in [0, 0.05) is 12.5 Å². The SMILES string of the molecule is CC=CC#CC#CC(O)C(C=CCCCO)OC1OC(CO)C(C)C(O)C1O. The van der Waals surface area contributed by atoms with Gasteiger partial charge in [-0.1, -0.05) is 37.0 Å². The minimum Gasteiger partial charge on any atom is -0.396 e. The van der Waals surface area contributed by atoms with Gasteiger partial charge in [0.15, 0.2) is 6.29 Å². The molecule has 0 saturated carbocycles. The summed E-state index contributed by atoms with van der Waals surface area (Å²) >= 11 is 0. The molecule has 0 radical (unpaired) electrons. The van der Waals surface area contributed by atoms with Crippen molar-refractivity contribution in [3.63, 3.8) is 0 Å². The Morgan fingerprint density at radius 2 is 1.93 bits per heavy atom. The molecule has 1 heterocycles. The van der Waals surface area contributed by atoms with Gasteiger partial charge in [-0.15, -0.1) is 0 Å². The first kappa shape index (κ1) is 24.4. The molecule has 1 saturated heterocycles. The van der Waals surface area contributed by atoms with E-state index in [9.17, 15) is 20.4 Å². The number of aliphatic hydroxyl groups is 5. The average Bonchev–Trinajstić information content (AvgIpc) is 2.69. The Morgan fingerprint density at radius 3 is 2.57 bits per heavy atom. The highest BCUT2D eigenvalue weighted by Crippen LogP contribution is 2.27. The molecular weight excluding hydrogens is 364 g/mol. The molecule has 7 nitrogen and oxygen atoms in total. The van der Waals surface area contributed by atoms with E-state index in [0.29, 0.717) is 12.8 Å². The number of rotatable bonds is 8. The maximum atomic E-state index is 10.3. The first-order valence-corrected chi connectivity index (χ1v) is 9.32. The van der Waals surface area contributed by atoms with Crippen LogP contribution in [0, 0.1) is 29.6 Å². The second-order valence-corrected chi connectivity index (χ2v) is 6.44. The van der Waals surface area contributed by atoms with Gasteiger partial charge < -0.3 is 35.0 Å². The van der Waals surface area contributed by atoms with Crippen LogP contribution in [0.4, 0.5) is 0 Å². The predicted octanol–water partition coefficient (Wildman–Crippen LogP) is -0.281. The van der Waals surface area contributed by atoms with Crippen molar-refractivity contribution in [2.45, 2.75) is 63.5 Å². The number of unbranched alkanes of at least 4 members (excludes halogenated alkanes) is 1. The molecule has 0 bridgehead atoms. The lowest BCUT2D eigenvalue weighted by atomic mass is 9.91. The molecule has 0 amide bonds. The van der Waals surface area contributed by atoms with E-state index in [0.717, 1.165) is 0 Å². The predicted molar refractivity (Wildman–Crippen MR) is 104 cm³/mol. The zero-order chi connectivity index (χ0) is 20.9. The third kappa shape index (κ3) is 7.75. The van der Waals surface area contributed by atoms with Crippen molar-refractivity contribution in [3.05, 3.63) is 24.3 Å². The number of aliphatic hydroxyl groups excluding tert-OH is 5. The quantitative estimate of drug-likeness (QED) is 0.218. The van der Waals surface area contributed by atoms with E-state index in [1.54, 1.807) is 31.2 Å². The van der Waals surface area contributed by atoms with Gasteiger partial charge in [-0.3, -0.25) is 0 Å². The van der Waals surface area contributed by atoms with Gasteiger partial charge in [0.25, 0.3) is 0 Å². The molecule has 0 spiro atoms. The third-order valence-electron chi connectivity index (χ3n) is 4.30. The number of hydrogen-bond donors (Lipinski definition) is 5. The highest BCUT2D eigenvalue weighted by atomic mass is 16.7. The number of allylic oxidation sites excluding steroid dienone is 3. The van der Waals surface area contributed by atoms with Crippen LogP contribution >= 0.6 is 0 Å². The fourth-order valence-electron chi connectivity index (χ4n) is 2.56. The van der Waals surface area contributed by atoms with Crippen molar-refractivity contribution in [3.8, 4) is 23.7 Å². The van der Waals surface area contributed by atoms with Crippen LogP contribution in [0.5, 0.6) is 0 Å². The topological polar surface area (TPSA) is 120 Å². The highest BCUT2D eigenvalue weighted by Gasteiger charge is 2.43. The lowest BCUT2D eigenvalue weighted by molar-refractivity contribution is -0.299. The van der Waals surface area contributed by atoms with E-state index in [1.807, 2.05) is 6.92 Å². The number of ether oxygens (including phenoxy) is 2. The molecule has 28 heavy (non-hydrogen) atoms. The molecule has 0 aromatic rings. The van der Waals surface area contributed by atoms with Crippen LogP contribution in [0.25, 0.3) is 0 Å². The minimum atomic E-state index is -1.35. The Balaban J connectivity index is 2.92. The summed E-state index contributed by atoms with van der Waals surface area (Å²) in [5.74, 6) is 9.84. The number of hydrogen-bond acceptors (Lipinski definition) is 7. The maximum Gasteiger partial charge on any atom is 0.187 e. The molecule has 1 rings (SSSR count). The van der Waals surface area contributed by atoms with Gasteiger partial charge in [0.1, 0.15) is 18.3 Å². The first-order valence-electron chi connectivity index (χ1n) is 9.32. The van der Waals surface area contributed by atoms with E-state index >= 15 is 0 Å². The van der Waals surface area contributed by atoms with Crippen LogP contribution in [0.2, 0.25) is 0 Å². The molecule has 7 atom stereocenters. The van der Waals surface area contributed by atoms with Crippen molar-refractivity contribution >= 4 is 0 Å². The summed E-state index contributed by atoms with van der Waals surface area (Å²) in [4.78, 5) is 0. The summed E-state index contributed by atoms with van der Waals surface area (Å²) in [7, 11) is 0. The lowest BCUT2D eigenvalue weighted by Crippen LogP contribution is -2.56. The van der Waals surface area contributed by atoms with Crippen LogP contribution < -0.4 is 0 Å². The summed E-state index contributed by atoms with van der Waals surface area (Å²) < 4.78 is 11.2. The normalized spacial score (nSPS) is 29.8. The van der Waals surface area contributed by atoms with Crippen molar-refractivity contribution in [2.24, 2.45) is 5.92 Å². The van der Waals surface area contributed by atoms with Crippen molar-refractivity contribution in [2.75, 3.05) is 13.2 Å². The largest absolute Gasteiger partial charge is 0.396 e. The summed E-state index contributed by atoms with van der Waals surface area (Å²) in [5.41, 5.74) is 0. The molecule has 1 fully saturated rings. The fraction of sp³-hybridized carbons (Fsp3) is 0.619. The van der Waals surface area contributed by atoms with E-state index in [-0.39, 0.29) is 13.2 Å². The second-order valence-electron chi connectivity index (χ2n) is 6.44. The third-order valence-corrected chi connectivity index (χ3v) is 4.30. The standard InChI is InChI=1S/C21H30O7/c1-3-4-5-6-8-11-16(24)17(12-9-7-10-13-22)27-21-20(26)19(25)15(2)18(14-23)28-21/h3-4,9,12,15-26H,7,10,13-14H2,1-2H3. The molecule has 1 aliphatic heterocycles. The Bertz CT molecular complexity index is 620. The molecule has 0 aliphatic carbocycles. The first-order chi connectivity index (χ1) is 13.5. The molecule has 0 aromatic carbocycles. The highest BCUT2D eigenvalue weighted by molar-refractivity contribution is 5.32. The van der Waals surface area contributed by atoms with Crippen LogP contribution in [0.1, 0.15) is 26.7 Å². The Labute approximate surface area is 166 Å². The van der Waals surface area contributed by atoms with Crippen LogP contribution in [0.15, 0.2) is 24.3 Å². The van der Waals surface area contributed by atoms with Crippen LogP contribution in [-0.2, 0) is 9.47 Å². The fourth-order valence-corrected chi connectivity index (χ4v) is 2.56. The van der Waals surface area contributed by atoms with Crippen molar-refractivity contribution in [1.82, 2.24) is 0 Å². The molecule has 5 N–H and O–H groups in total. The molecular formula is C21H30O7. The Morgan fingerprint density at radius 1 is 1.18 bits per heavy atom. The van der Waals surface area contributed by atoms with Crippen LogP contribution in [-0.4, -0.2) is 75.6 Å². The molecule has 156 valence electrons. The smallest absolute Gasteiger partial charge is 0.187 e. The monoisotopic (exact) mass is 394 g/mol. The Kier molecular flexibility index (Phi) is 11.7. The van der Waals surface area contributed by atoms with Gasteiger partial charge in [-0.2, -0.15) is 0 Å². The molecule has 0 aromatic heterocycles. The van der Waals surface area contributed by atoms with Gasteiger partial charge >= 0.3 is 0 Å². The summed E-state index contributed by atoms with van der Waals surface area (Å²) in [6.07, 6.45) is 1.08. The van der Waals surface area contributed by atoms with Crippen molar-refractivity contribution in [1.29, 1.82) is 0 Å². The summed E-state index contributed by atoms with van der Waals surface area (Å²) in [6, 6.07) is 0. The Hall–Kier alpha value is -1.68. The second kappa shape index (κ2) is 13.5. The van der Waals surface area contributed by atoms with E-state index in [2.05, 4.69) is 23.7 Å². The summed E-state index contributed by atoms with van der Waals surface area (Å²) in [5, 5.41) is 49.0. The average molecular weight is 394 g/mol. The lowest BCUT2D eigenvalue weighted by Gasteiger charge is -2.41. The van der Waals surface area contributed by atoms with E-state index in [4.69, 9.17) is 14.6 Å². The molecule has 7 heteroatoms. The molecule has 1 aliphatic rings. The van der Waals surface area contributed by atoms with Crippen molar-refractivity contribution < 1.29 is 35.0 Å². The maximum absolute atomic E-state index is 10.3.